The zero-order chi connectivity index (χ0) is 14.5. The molecule has 0 aliphatic heterocycles. The monoisotopic (exact) mass is 283 g/mol. The molecule has 0 unspecified atom stereocenters. The van der Waals surface area contributed by atoms with Crippen LogP contribution in [0.15, 0.2) is 40.3 Å². The topological polar surface area (TPSA) is 48.7 Å². The summed E-state index contributed by atoms with van der Waals surface area (Å²) in [4.78, 5) is 5.45. The van der Waals surface area contributed by atoms with Gasteiger partial charge in [-0.3, -0.25) is 0 Å². The van der Waals surface area contributed by atoms with Gasteiger partial charge in [-0.1, -0.05) is 17.8 Å². The number of rotatable bonds is 4. The van der Waals surface area contributed by atoms with Crippen LogP contribution in [0.1, 0.15) is 22.4 Å². The molecule has 1 N–H and O–H groups in total. The van der Waals surface area contributed by atoms with Crippen LogP contribution in [0.25, 0.3) is 0 Å². The van der Waals surface area contributed by atoms with Gasteiger partial charge in [0.05, 0.1) is 5.56 Å². The number of benzene rings is 1. The molecule has 0 saturated heterocycles. The van der Waals surface area contributed by atoms with Gasteiger partial charge in [-0.05, 0) is 56.3 Å². The van der Waals surface area contributed by atoms with E-state index in [1.54, 1.807) is 0 Å². The third-order valence-electron chi connectivity index (χ3n) is 2.83. The van der Waals surface area contributed by atoms with E-state index in [1.807, 2.05) is 44.3 Å². The Kier molecular flexibility index (Phi) is 4.78. The predicted octanol–water partition coefficient (Wildman–Crippen LogP) is 3.44. The lowest BCUT2D eigenvalue weighted by atomic mass is 10.1. The molecule has 0 aliphatic carbocycles. The number of pyridine rings is 1. The first-order chi connectivity index (χ1) is 9.62. The normalized spacial score (nSPS) is 10.3. The van der Waals surface area contributed by atoms with E-state index in [9.17, 15) is 5.26 Å². The maximum absolute atomic E-state index is 9.29. The molecule has 0 fully saturated rings. The molecule has 102 valence electrons. The molecule has 2 rings (SSSR count). The molecule has 0 spiro atoms. The summed E-state index contributed by atoms with van der Waals surface area (Å²) >= 11 is 1.54. The second kappa shape index (κ2) is 6.56. The number of nitrogens with one attached hydrogen (secondary N) is 1. The van der Waals surface area contributed by atoms with Crippen molar-refractivity contribution in [1.82, 2.24) is 10.3 Å². The molecule has 0 radical (unpaired) electrons. The van der Waals surface area contributed by atoms with Crippen LogP contribution in [0, 0.1) is 25.2 Å². The minimum absolute atomic E-state index is 0.698. The van der Waals surface area contributed by atoms with Crippen LogP contribution in [0.4, 0.5) is 0 Å². The average Bonchev–Trinajstić information content (AvgIpc) is 2.39. The Bertz CT molecular complexity index is 639. The fourth-order valence-electron chi connectivity index (χ4n) is 2.04. The Morgan fingerprint density at radius 3 is 2.70 bits per heavy atom. The van der Waals surface area contributed by atoms with Gasteiger partial charge in [0, 0.05) is 17.1 Å². The van der Waals surface area contributed by atoms with Crippen molar-refractivity contribution in [3.05, 3.63) is 52.7 Å². The fourth-order valence-corrected chi connectivity index (χ4v) is 3.05. The van der Waals surface area contributed by atoms with Crippen molar-refractivity contribution in [2.75, 3.05) is 7.05 Å². The highest BCUT2D eigenvalue weighted by molar-refractivity contribution is 7.99. The van der Waals surface area contributed by atoms with E-state index in [0.717, 1.165) is 27.7 Å². The summed E-state index contributed by atoms with van der Waals surface area (Å²) in [7, 11) is 1.90. The van der Waals surface area contributed by atoms with Crippen molar-refractivity contribution in [3.8, 4) is 6.07 Å². The summed E-state index contributed by atoms with van der Waals surface area (Å²) in [6.45, 7) is 4.81. The zero-order valence-corrected chi connectivity index (χ0v) is 12.7. The molecule has 4 heteroatoms. The van der Waals surface area contributed by atoms with Crippen LogP contribution >= 0.6 is 11.8 Å². The molecular formula is C16H17N3S. The van der Waals surface area contributed by atoms with E-state index in [2.05, 4.69) is 23.3 Å². The smallest absolute Gasteiger partial charge is 0.101 e. The van der Waals surface area contributed by atoms with Crippen LogP contribution in [-0.2, 0) is 6.54 Å². The van der Waals surface area contributed by atoms with E-state index in [-0.39, 0.29) is 0 Å². The molecule has 0 atom stereocenters. The van der Waals surface area contributed by atoms with Crippen LogP contribution in [0.2, 0.25) is 0 Å². The number of nitrogens with zero attached hydrogens (tertiary/aromatic N) is 2. The van der Waals surface area contributed by atoms with Crippen LogP contribution in [0.5, 0.6) is 0 Å². The van der Waals surface area contributed by atoms with E-state index in [1.165, 1.54) is 17.3 Å². The molecule has 0 saturated carbocycles. The average molecular weight is 283 g/mol. The third-order valence-corrected chi connectivity index (χ3v) is 3.83. The Labute approximate surface area is 124 Å². The molecular weight excluding hydrogens is 266 g/mol. The second-order valence-corrected chi connectivity index (χ2v) is 5.76. The van der Waals surface area contributed by atoms with Crippen LogP contribution in [0.3, 0.4) is 0 Å². The lowest BCUT2D eigenvalue weighted by Crippen LogP contribution is -2.05. The number of hydrogen-bond donors (Lipinski definition) is 1. The number of aryl methyl sites for hydroxylation is 2. The van der Waals surface area contributed by atoms with Gasteiger partial charge in [-0.15, -0.1) is 0 Å². The van der Waals surface area contributed by atoms with Gasteiger partial charge < -0.3 is 5.32 Å². The minimum Gasteiger partial charge on any atom is -0.316 e. The molecule has 2 aromatic rings. The standard InChI is InChI=1S/C16H17N3S/c1-11-6-12(2)19-16(7-11)20-15-5-4-13(10-18-3)8-14(15)9-17/h4-8,18H,10H2,1-3H3. The maximum atomic E-state index is 9.29. The highest BCUT2D eigenvalue weighted by atomic mass is 32.2. The van der Waals surface area contributed by atoms with Gasteiger partial charge >= 0.3 is 0 Å². The van der Waals surface area contributed by atoms with E-state index < -0.39 is 0 Å². The molecule has 0 amide bonds. The quantitative estimate of drug-likeness (QED) is 0.933. The lowest BCUT2D eigenvalue weighted by molar-refractivity contribution is 0.816. The van der Waals surface area contributed by atoms with Crippen LogP contribution < -0.4 is 5.32 Å². The molecule has 1 heterocycles. The SMILES string of the molecule is CNCc1ccc(Sc2cc(C)cc(C)n2)c(C#N)c1. The molecule has 0 bridgehead atoms. The zero-order valence-electron chi connectivity index (χ0n) is 11.9. The third kappa shape index (κ3) is 3.60. The molecule has 20 heavy (non-hydrogen) atoms. The first kappa shape index (κ1) is 14.6. The second-order valence-electron chi connectivity index (χ2n) is 4.70. The molecule has 1 aromatic carbocycles. The Hall–Kier alpha value is -1.83. The van der Waals surface area contributed by atoms with Crippen molar-refractivity contribution in [2.45, 2.75) is 30.3 Å². The summed E-state index contributed by atoms with van der Waals surface area (Å²) in [5, 5.41) is 13.3. The van der Waals surface area contributed by atoms with Gasteiger partial charge in [0.25, 0.3) is 0 Å². The fraction of sp³-hybridized carbons (Fsp3) is 0.250. The Balaban J connectivity index is 2.31. The molecule has 1 aromatic heterocycles. The van der Waals surface area contributed by atoms with Crippen molar-refractivity contribution in [3.63, 3.8) is 0 Å². The summed E-state index contributed by atoms with van der Waals surface area (Å²) in [6, 6.07) is 12.3. The van der Waals surface area contributed by atoms with Gasteiger partial charge in [0.15, 0.2) is 0 Å². The Morgan fingerprint density at radius 1 is 1.25 bits per heavy atom. The number of nitriles is 1. The largest absolute Gasteiger partial charge is 0.316 e. The van der Waals surface area contributed by atoms with Crippen LogP contribution in [-0.4, -0.2) is 12.0 Å². The summed E-state index contributed by atoms with van der Waals surface area (Å²) in [5.41, 5.74) is 3.99. The van der Waals surface area contributed by atoms with Crippen molar-refractivity contribution in [1.29, 1.82) is 5.26 Å². The van der Waals surface area contributed by atoms with Crippen molar-refractivity contribution in [2.24, 2.45) is 0 Å². The van der Waals surface area contributed by atoms with Gasteiger partial charge in [0.1, 0.15) is 11.1 Å². The highest BCUT2D eigenvalue weighted by Gasteiger charge is 2.07. The highest BCUT2D eigenvalue weighted by Crippen LogP contribution is 2.30. The van der Waals surface area contributed by atoms with Gasteiger partial charge in [0.2, 0.25) is 0 Å². The van der Waals surface area contributed by atoms with Gasteiger partial charge in [-0.2, -0.15) is 5.26 Å². The number of hydrogen-bond acceptors (Lipinski definition) is 4. The first-order valence-electron chi connectivity index (χ1n) is 6.43. The maximum Gasteiger partial charge on any atom is 0.101 e. The summed E-state index contributed by atoms with van der Waals surface area (Å²) in [6.07, 6.45) is 0. The van der Waals surface area contributed by atoms with Crippen molar-refractivity contribution < 1.29 is 0 Å². The Morgan fingerprint density at radius 2 is 2.05 bits per heavy atom. The summed E-state index contributed by atoms with van der Waals surface area (Å²) < 4.78 is 0. The van der Waals surface area contributed by atoms with Gasteiger partial charge in [-0.25, -0.2) is 4.98 Å². The predicted molar refractivity (Wildman–Crippen MR) is 81.8 cm³/mol. The molecule has 3 nitrogen and oxygen atoms in total. The van der Waals surface area contributed by atoms with Crippen molar-refractivity contribution >= 4 is 11.8 Å². The van der Waals surface area contributed by atoms with E-state index in [4.69, 9.17) is 0 Å². The minimum atomic E-state index is 0.698. The van der Waals surface area contributed by atoms with E-state index in [0.29, 0.717) is 5.56 Å². The summed E-state index contributed by atoms with van der Waals surface area (Å²) in [5.74, 6) is 0. The lowest BCUT2D eigenvalue weighted by Gasteiger charge is -2.07. The number of aromatic nitrogens is 1. The first-order valence-corrected chi connectivity index (χ1v) is 7.25. The van der Waals surface area contributed by atoms with E-state index >= 15 is 0 Å². The molecule has 0 aliphatic rings.